The van der Waals surface area contributed by atoms with Crippen LogP contribution >= 0.6 is 23.2 Å². The van der Waals surface area contributed by atoms with Crippen LogP contribution in [-0.2, 0) is 4.79 Å². The largest absolute Gasteiger partial charge is 0.323 e. The minimum absolute atomic E-state index is 0.0273. The zero-order valence-electron chi connectivity index (χ0n) is 12.7. The summed E-state index contributed by atoms with van der Waals surface area (Å²) in [7, 11) is 0. The lowest BCUT2D eigenvalue weighted by atomic mass is 9.91. The van der Waals surface area contributed by atoms with Crippen LogP contribution in [0, 0.1) is 11.8 Å². The summed E-state index contributed by atoms with van der Waals surface area (Å²) in [5.74, 6) is 1.23. The van der Waals surface area contributed by atoms with Gasteiger partial charge in [0.1, 0.15) is 0 Å². The number of piperidine rings is 1. The van der Waals surface area contributed by atoms with Crippen LogP contribution < -0.4 is 5.32 Å². The van der Waals surface area contributed by atoms with Gasteiger partial charge in [0.15, 0.2) is 0 Å². The maximum Gasteiger partial charge on any atom is 0.241 e. The molecule has 0 spiro atoms. The van der Waals surface area contributed by atoms with Crippen molar-refractivity contribution >= 4 is 34.8 Å². The monoisotopic (exact) mass is 328 g/mol. The predicted octanol–water partition coefficient (Wildman–Crippen LogP) is 4.30. The molecule has 1 aromatic carbocycles. The van der Waals surface area contributed by atoms with E-state index >= 15 is 0 Å². The number of hydrogen-bond donors (Lipinski definition) is 1. The molecule has 3 atom stereocenters. The van der Waals surface area contributed by atoms with Crippen LogP contribution in [0.2, 0.25) is 10.0 Å². The number of carbonyl (C=O) groups excluding carboxylic acids is 1. The molecule has 0 unspecified atom stereocenters. The highest BCUT2D eigenvalue weighted by Crippen LogP contribution is 2.27. The average Bonchev–Trinajstić information content (AvgIpc) is 2.40. The number of anilines is 1. The molecule has 1 amide bonds. The maximum atomic E-state index is 12.4. The number of benzene rings is 1. The SMILES string of the molecule is C[C@H]1C[C@H](C)CN([C@@H](C)C(=O)Nc2ccc(Cl)cc2Cl)C1. The van der Waals surface area contributed by atoms with Crippen LogP contribution in [0.5, 0.6) is 0 Å². The van der Waals surface area contributed by atoms with Gasteiger partial charge in [0.25, 0.3) is 0 Å². The minimum Gasteiger partial charge on any atom is -0.323 e. The van der Waals surface area contributed by atoms with Crippen LogP contribution in [0.25, 0.3) is 0 Å². The van der Waals surface area contributed by atoms with E-state index in [4.69, 9.17) is 23.2 Å². The molecule has 1 aliphatic rings. The number of hydrogen-bond acceptors (Lipinski definition) is 2. The lowest BCUT2D eigenvalue weighted by molar-refractivity contribution is -0.121. The van der Waals surface area contributed by atoms with Gasteiger partial charge in [-0.05, 0) is 43.4 Å². The second kappa shape index (κ2) is 6.99. The summed E-state index contributed by atoms with van der Waals surface area (Å²) in [6, 6.07) is 4.92. The zero-order chi connectivity index (χ0) is 15.6. The third kappa shape index (κ3) is 4.35. The molecule has 1 saturated heterocycles. The first-order valence-corrected chi connectivity index (χ1v) is 8.12. The molecule has 2 rings (SSSR count). The number of halogens is 2. The van der Waals surface area contributed by atoms with Crippen molar-refractivity contribution in [2.75, 3.05) is 18.4 Å². The van der Waals surface area contributed by atoms with E-state index in [1.54, 1.807) is 18.2 Å². The van der Waals surface area contributed by atoms with E-state index in [2.05, 4.69) is 24.1 Å². The standard InChI is InChI=1S/C16H22Cl2N2O/c1-10-6-11(2)9-20(8-10)12(3)16(21)19-15-5-4-13(17)7-14(15)18/h4-5,7,10-12H,6,8-9H2,1-3H3,(H,19,21)/t10-,11-,12-/m0/s1. The molecule has 0 bridgehead atoms. The highest BCUT2D eigenvalue weighted by Gasteiger charge is 2.28. The van der Waals surface area contributed by atoms with Gasteiger partial charge in [-0.3, -0.25) is 9.69 Å². The molecule has 1 aromatic rings. The van der Waals surface area contributed by atoms with Crippen LogP contribution in [-0.4, -0.2) is 29.9 Å². The van der Waals surface area contributed by atoms with Crippen molar-refractivity contribution in [3.05, 3.63) is 28.2 Å². The first-order valence-electron chi connectivity index (χ1n) is 7.36. The summed E-state index contributed by atoms with van der Waals surface area (Å²) in [4.78, 5) is 14.7. The number of nitrogens with one attached hydrogen (secondary N) is 1. The van der Waals surface area contributed by atoms with Gasteiger partial charge in [-0.15, -0.1) is 0 Å². The molecule has 1 fully saturated rings. The van der Waals surface area contributed by atoms with E-state index in [0.717, 1.165) is 13.1 Å². The topological polar surface area (TPSA) is 32.3 Å². The highest BCUT2D eigenvalue weighted by molar-refractivity contribution is 6.36. The van der Waals surface area contributed by atoms with Crippen molar-refractivity contribution in [1.82, 2.24) is 4.90 Å². The highest BCUT2D eigenvalue weighted by atomic mass is 35.5. The third-order valence-corrected chi connectivity index (χ3v) is 4.56. The third-order valence-electron chi connectivity index (χ3n) is 4.01. The fraction of sp³-hybridized carbons (Fsp3) is 0.562. The summed E-state index contributed by atoms with van der Waals surface area (Å²) < 4.78 is 0. The van der Waals surface area contributed by atoms with Gasteiger partial charge in [-0.1, -0.05) is 37.0 Å². The summed E-state index contributed by atoms with van der Waals surface area (Å²) in [6.45, 7) is 8.36. The van der Waals surface area contributed by atoms with Gasteiger partial charge in [0, 0.05) is 18.1 Å². The Bertz CT molecular complexity index is 511. The van der Waals surface area contributed by atoms with E-state index in [9.17, 15) is 4.79 Å². The summed E-state index contributed by atoms with van der Waals surface area (Å²) in [5.41, 5.74) is 0.607. The van der Waals surface area contributed by atoms with Gasteiger partial charge < -0.3 is 5.32 Å². The first kappa shape index (κ1) is 16.6. The molecular weight excluding hydrogens is 307 g/mol. The van der Waals surface area contributed by atoms with Crippen molar-refractivity contribution in [3.63, 3.8) is 0 Å². The molecule has 0 aromatic heterocycles. The van der Waals surface area contributed by atoms with Crippen molar-refractivity contribution in [1.29, 1.82) is 0 Å². The summed E-state index contributed by atoms with van der Waals surface area (Å²) >= 11 is 12.0. The zero-order valence-corrected chi connectivity index (χ0v) is 14.2. The van der Waals surface area contributed by atoms with E-state index in [1.807, 2.05) is 6.92 Å². The Morgan fingerprint density at radius 2 is 1.90 bits per heavy atom. The number of carbonyl (C=O) groups is 1. The molecule has 1 heterocycles. The van der Waals surface area contributed by atoms with Gasteiger partial charge >= 0.3 is 0 Å². The van der Waals surface area contributed by atoms with Crippen LogP contribution in [0.4, 0.5) is 5.69 Å². The van der Waals surface area contributed by atoms with E-state index < -0.39 is 0 Å². The summed E-state index contributed by atoms with van der Waals surface area (Å²) in [6.07, 6.45) is 1.23. The number of nitrogens with zero attached hydrogens (tertiary/aromatic N) is 1. The minimum atomic E-state index is -0.165. The van der Waals surface area contributed by atoms with Crippen molar-refractivity contribution in [2.45, 2.75) is 33.2 Å². The molecule has 1 aliphatic heterocycles. The fourth-order valence-electron chi connectivity index (χ4n) is 3.02. The molecular formula is C16H22Cl2N2O. The maximum absolute atomic E-state index is 12.4. The number of rotatable bonds is 3. The van der Waals surface area contributed by atoms with Crippen LogP contribution in [0.15, 0.2) is 18.2 Å². The normalized spacial score (nSPS) is 24.6. The molecule has 0 saturated carbocycles. The van der Waals surface area contributed by atoms with Crippen LogP contribution in [0.3, 0.4) is 0 Å². The van der Waals surface area contributed by atoms with Crippen molar-refractivity contribution in [2.24, 2.45) is 11.8 Å². The first-order chi connectivity index (χ1) is 9.86. The van der Waals surface area contributed by atoms with Crippen molar-refractivity contribution in [3.8, 4) is 0 Å². The predicted molar refractivity (Wildman–Crippen MR) is 89.1 cm³/mol. The quantitative estimate of drug-likeness (QED) is 0.897. The fourth-order valence-corrected chi connectivity index (χ4v) is 3.48. The Morgan fingerprint density at radius 1 is 1.29 bits per heavy atom. The van der Waals surface area contributed by atoms with Gasteiger partial charge in [0.05, 0.1) is 16.8 Å². The van der Waals surface area contributed by atoms with Gasteiger partial charge in [-0.25, -0.2) is 0 Å². The van der Waals surface area contributed by atoms with E-state index in [1.165, 1.54) is 6.42 Å². The molecule has 0 aliphatic carbocycles. The van der Waals surface area contributed by atoms with E-state index in [0.29, 0.717) is 27.6 Å². The van der Waals surface area contributed by atoms with Crippen molar-refractivity contribution < 1.29 is 4.79 Å². The Balaban J connectivity index is 2.02. The van der Waals surface area contributed by atoms with Gasteiger partial charge in [0.2, 0.25) is 5.91 Å². The number of likely N-dealkylation sites (tertiary alicyclic amines) is 1. The lowest BCUT2D eigenvalue weighted by Crippen LogP contribution is -2.48. The lowest BCUT2D eigenvalue weighted by Gasteiger charge is -2.38. The summed E-state index contributed by atoms with van der Waals surface area (Å²) in [5, 5.41) is 3.91. The molecule has 1 N–H and O–H groups in total. The molecule has 116 valence electrons. The Morgan fingerprint density at radius 3 is 2.48 bits per heavy atom. The van der Waals surface area contributed by atoms with E-state index in [-0.39, 0.29) is 11.9 Å². The second-order valence-electron chi connectivity index (χ2n) is 6.19. The Labute approximate surface area is 136 Å². The molecule has 0 radical (unpaired) electrons. The molecule has 3 nitrogen and oxygen atoms in total. The average molecular weight is 329 g/mol. The van der Waals surface area contributed by atoms with Crippen LogP contribution in [0.1, 0.15) is 27.2 Å². The Hall–Kier alpha value is -0.770. The van der Waals surface area contributed by atoms with Gasteiger partial charge in [-0.2, -0.15) is 0 Å². The smallest absolute Gasteiger partial charge is 0.241 e. The Kier molecular flexibility index (Phi) is 5.53. The molecule has 21 heavy (non-hydrogen) atoms. The molecule has 5 heteroatoms. The number of amides is 1. The second-order valence-corrected chi connectivity index (χ2v) is 7.03.